The molecule has 0 fully saturated rings. The highest BCUT2D eigenvalue weighted by Crippen LogP contribution is 2.23. The topological polar surface area (TPSA) is 87.2 Å². The van der Waals surface area contributed by atoms with Gasteiger partial charge in [-0.2, -0.15) is 5.26 Å². The number of aliphatic hydroxyl groups excluding tert-OH is 1. The Hall–Kier alpha value is -1.93. The largest absolute Gasteiger partial charge is 0.392 e. The maximum atomic E-state index is 10.6. The van der Waals surface area contributed by atoms with Crippen LogP contribution in [-0.4, -0.2) is 10.0 Å². The Morgan fingerprint density at radius 2 is 2.29 bits per heavy atom. The van der Waals surface area contributed by atoms with Crippen molar-refractivity contribution in [3.63, 3.8) is 0 Å². The summed E-state index contributed by atoms with van der Waals surface area (Å²) in [6.45, 7) is 1.24. The third kappa shape index (κ3) is 1.70. The normalized spacial score (nSPS) is 9.50. The smallest absolute Gasteiger partial charge is 0.273 e. The minimum Gasteiger partial charge on any atom is -0.392 e. The summed E-state index contributed by atoms with van der Waals surface area (Å²) in [6, 6.07) is 4.46. The lowest BCUT2D eigenvalue weighted by Gasteiger charge is -2.03. The predicted octanol–water partition coefficient (Wildman–Crippen LogP) is 1.27. The van der Waals surface area contributed by atoms with Gasteiger partial charge in [0.25, 0.3) is 5.69 Å². The molecule has 0 unspecified atom stereocenters. The quantitative estimate of drug-likeness (QED) is 0.564. The predicted molar refractivity (Wildman–Crippen MR) is 48.5 cm³/mol. The van der Waals surface area contributed by atoms with Gasteiger partial charge in [-0.25, -0.2) is 0 Å². The van der Waals surface area contributed by atoms with Gasteiger partial charge in [0.2, 0.25) is 0 Å². The van der Waals surface area contributed by atoms with Gasteiger partial charge in [-0.15, -0.1) is 0 Å². The van der Waals surface area contributed by atoms with Gasteiger partial charge in [0, 0.05) is 11.6 Å². The molecule has 0 aliphatic carbocycles. The minimum absolute atomic E-state index is 0.131. The van der Waals surface area contributed by atoms with Crippen LogP contribution in [0.4, 0.5) is 5.69 Å². The highest BCUT2D eigenvalue weighted by Gasteiger charge is 2.15. The van der Waals surface area contributed by atoms with Gasteiger partial charge < -0.3 is 5.11 Å². The molecule has 0 aliphatic rings. The van der Waals surface area contributed by atoms with E-state index < -0.39 is 4.92 Å². The van der Waals surface area contributed by atoms with Crippen molar-refractivity contribution < 1.29 is 10.0 Å². The van der Waals surface area contributed by atoms with Gasteiger partial charge in [-0.1, -0.05) is 0 Å². The van der Waals surface area contributed by atoms with Crippen molar-refractivity contribution in [3.05, 3.63) is 38.9 Å². The third-order valence-electron chi connectivity index (χ3n) is 1.98. The lowest BCUT2D eigenvalue weighted by atomic mass is 10.0. The Morgan fingerprint density at radius 1 is 1.64 bits per heavy atom. The van der Waals surface area contributed by atoms with Crippen LogP contribution in [0.5, 0.6) is 0 Å². The molecule has 72 valence electrons. The van der Waals surface area contributed by atoms with Crippen molar-refractivity contribution in [2.45, 2.75) is 13.5 Å². The summed E-state index contributed by atoms with van der Waals surface area (Å²) in [5.74, 6) is 0. The van der Waals surface area contributed by atoms with Crippen LogP contribution in [-0.2, 0) is 6.61 Å². The van der Waals surface area contributed by atoms with Crippen LogP contribution in [0.2, 0.25) is 0 Å². The Balaban J connectivity index is 3.44. The van der Waals surface area contributed by atoms with Crippen LogP contribution in [0, 0.1) is 28.4 Å². The number of nitriles is 1. The molecule has 1 aromatic carbocycles. The van der Waals surface area contributed by atoms with E-state index in [1.165, 1.54) is 12.1 Å². The molecule has 0 saturated heterocycles. The van der Waals surface area contributed by atoms with Gasteiger partial charge in [0.1, 0.15) is 0 Å². The fraction of sp³-hybridized carbons (Fsp3) is 0.222. The second-order valence-corrected chi connectivity index (χ2v) is 2.81. The highest BCUT2D eigenvalue weighted by atomic mass is 16.6. The number of benzene rings is 1. The van der Waals surface area contributed by atoms with Gasteiger partial charge >= 0.3 is 0 Å². The van der Waals surface area contributed by atoms with Crippen LogP contribution in [0.15, 0.2) is 12.1 Å². The Labute approximate surface area is 80.4 Å². The van der Waals surface area contributed by atoms with E-state index in [0.29, 0.717) is 11.1 Å². The Kier molecular flexibility index (Phi) is 2.79. The molecule has 14 heavy (non-hydrogen) atoms. The number of rotatable bonds is 2. The van der Waals surface area contributed by atoms with Crippen molar-refractivity contribution in [1.29, 1.82) is 5.26 Å². The molecule has 0 aliphatic heterocycles. The van der Waals surface area contributed by atoms with Crippen LogP contribution in [0.25, 0.3) is 0 Å². The summed E-state index contributed by atoms with van der Waals surface area (Å²) in [6.07, 6.45) is 0. The van der Waals surface area contributed by atoms with E-state index in [-0.39, 0.29) is 17.9 Å². The first-order valence-corrected chi connectivity index (χ1v) is 3.89. The molecule has 0 heterocycles. The first-order valence-electron chi connectivity index (χ1n) is 3.89. The van der Waals surface area contributed by atoms with Gasteiger partial charge in [0.05, 0.1) is 23.2 Å². The maximum absolute atomic E-state index is 10.6. The maximum Gasteiger partial charge on any atom is 0.273 e. The first kappa shape index (κ1) is 10.2. The summed E-state index contributed by atoms with van der Waals surface area (Å²) in [5.41, 5.74) is 0.867. The molecule has 0 aromatic heterocycles. The van der Waals surface area contributed by atoms with Gasteiger partial charge in [-0.05, 0) is 18.6 Å². The molecule has 0 amide bonds. The standard InChI is InChI=1S/C9H8N2O3/c1-6-8(5-12)2-7(4-10)3-9(6)11(13)14/h2-3,12H,5H2,1H3. The van der Waals surface area contributed by atoms with Crippen molar-refractivity contribution in [2.24, 2.45) is 0 Å². The summed E-state index contributed by atoms with van der Waals surface area (Å²) >= 11 is 0. The number of nitro groups is 1. The number of aliphatic hydroxyl groups is 1. The first-order chi connectivity index (χ1) is 6.60. The van der Waals surface area contributed by atoms with Crippen molar-refractivity contribution >= 4 is 5.69 Å². The van der Waals surface area contributed by atoms with Crippen molar-refractivity contribution in [1.82, 2.24) is 0 Å². The molecular weight excluding hydrogens is 184 g/mol. The van der Waals surface area contributed by atoms with Crippen LogP contribution >= 0.6 is 0 Å². The third-order valence-corrected chi connectivity index (χ3v) is 1.98. The fourth-order valence-electron chi connectivity index (χ4n) is 1.18. The SMILES string of the molecule is Cc1c(CO)cc(C#N)cc1[N+](=O)[O-]. The molecule has 1 aromatic rings. The number of hydrogen-bond donors (Lipinski definition) is 1. The van der Waals surface area contributed by atoms with Crippen molar-refractivity contribution in [2.75, 3.05) is 0 Å². The van der Waals surface area contributed by atoms with Gasteiger partial charge in [0.15, 0.2) is 0 Å². The van der Waals surface area contributed by atoms with E-state index in [2.05, 4.69) is 0 Å². The molecule has 0 bridgehead atoms. The molecule has 0 radical (unpaired) electrons. The van der Waals surface area contributed by atoms with E-state index >= 15 is 0 Å². The van der Waals surface area contributed by atoms with E-state index in [1.807, 2.05) is 6.07 Å². The molecule has 5 nitrogen and oxygen atoms in total. The summed E-state index contributed by atoms with van der Waals surface area (Å²) in [5, 5.41) is 28.1. The number of nitrogens with zero attached hydrogens (tertiary/aromatic N) is 2. The fourth-order valence-corrected chi connectivity index (χ4v) is 1.18. The molecule has 1 N–H and O–H groups in total. The lowest BCUT2D eigenvalue weighted by Crippen LogP contribution is -1.98. The Bertz CT molecular complexity index is 421. The average Bonchev–Trinajstić information content (AvgIpc) is 2.17. The zero-order valence-corrected chi connectivity index (χ0v) is 7.52. The zero-order valence-electron chi connectivity index (χ0n) is 7.52. The van der Waals surface area contributed by atoms with Crippen molar-refractivity contribution in [3.8, 4) is 6.07 Å². The number of nitro benzene ring substituents is 1. The average molecular weight is 192 g/mol. The van der Waals surface area contributed by atoms with Crippen LogP contribution in [0.3, 0.4) is 0 Å². The van der Waals surface area contributed by atoms with E-state index in [4.69, 9.17) is 10.4 Å². The molecule has 0 atom stereocenters. The summed E-state index contributed by atoms with van der Waals surface area (Å²) < 4.78 is 0. The monoisotopic (exact) mass is 192 g/mol. The molecule has 5 heteroatoms. The lowest BCUT2D eigenvalue weighted by molar-refractivity contribution is -0.385. The minimum atomic E-state index is -0.560. The molecule has 1 rings (SSSR count). The highest BCUT2D eigenvalue weighted by molar-refractivity contribution is 5.51. The molecule has 0 spiro atoms. The van der Waals surface area contributed by atoms with E-state index in [9.17, 15) is 10.1 Å². The summed E-state index contributed by atoms with van der Waals surface area (Å²) in [7, 11) is 0. The Morgan fingerprint density at radius 3 is 2.71 bits per heavy atom. The van der Waals surface area contributed by atoms with Gasteiger partial charge in [-0.3, -0.25) is 10.1 Å². The molecule has 0 saturated carbocycles. The molecular formula is C9H8N2O3. The van der Waals surface area contributed by atoms with Crippen LogP contribution < -0.4 is 0 Å². The van der Waals surface area contributed by atoms with Crippen LogP contribution in [0.1, 0.15) is 16.7 Å². The second kappa shape index (κ2) is 3.85. The summed E-state index contributed by atoms with van der Waals surface area (Å²) in [4.78, 5) is 10.0. The number of hydrogen-bond acceptors (Lipinski definition) is 4. The van der Waals surface area contributed by atoms with E-state index in [0.717, 1.165) is 0 Å². The second-order valence-electron chi connectivity index (χ2n) is 2.81. The van der Waals surface area contributed by atoms with E-state index in [1.54, 1.807) is 6.92 Å². The zero-order chi connectivity index (χ0) is 10.7.